The molecule has 0 saturated carbocycles. The van der Waals surface area contributed by atoms with E-state index in [1.165, 1.54) is 11.3 Å². The lowest BCUT2D eigenvalue weighted by Crippen LogP contribution is -2.33. The lowest BCUT2D eigenvalue weighted by Gasteiger charge is -2.31. The Morgan fingerprint density at radius 1 is 1.40 bits per heavy atom. The molecule has 1 N–H and O–H groups in total. The highest BCUT2D eigenvalue weighted by Crippen LogP contribution is 2.32. The van der Waals surface area contributed by atoms with Gasteiger partial charge >= 0.3 is 0 Å². The fourth-order valence-electron chi connectivity index (χ4n) is 1.82. The van der Waals surface area contributed by atoms with Gasteiger partial charge in [0.25, 0.3) is 0 Å². The highest BCUT2D eigenvalue weighted by molar-refractivity contribution is 5.22. The minimum absolute atomic E-state index is 0.190. The van der Waals surface area contributed by atoms with Crippen molar-refractivity contribution >= 4 is 0 Å². The van der Waals surface area contributed by atoms with Crippen molar-refractivity contribution in [3.63, 3.8) is 0 Å². The molecule has 1 aromatic heterocycles. The van der Waals surface area contributed by atoms with Crippen molar-refractivity contribution < 1.29 is 0 Å². The summed E-state index contributed by atoms with van der Waals surface area (Å²) in [5.74, 6) is 0. The third-order valence-electron chi connectivity index (χ3n) is 2.60. The lowest BCUT2D eigenvalue weighted by molar-refractivity contribution is 0.270. The van der Waals surface area contributed by atoms with Gasteiger partial charge in [0.2, 0.25) is 0 Å². The number of aromatic nitrogens is 1. The van der Waals surface area contributed by atoms with E-state index in [9.17, 15) is 0 Å². The van der Waals surface area contributed by atoms with E-state index in [0.29, 0.717) is 6.04 Å². The van der Waals surface area contributed by atoms with Crippen molar-refractivity contribution in [3.8, 4) is 0 Å². The van der Waals surface area contributed by atoms with Gasteiger partial charge in [-0.1, -0.05) is 33.8 Å². The molecule has 0 fully saturated rings. The van der Waals surface area contributed by atoms with E-state index >= 15 is 0 Å². The summed E-state index contributed by atoms with van der Waals surface area (Å²) in [4.78, 5) is 4.50. The van der Waals surface area contributed by atoms with Gasteiger partial charge in [0.15, 0.2) is 0 Å². The highest BCUT2D eigenvalue weighted by Gasteiger charge is 2.27. The lowest BCUT2D eigenvalue weighted by atomic mass is 9.83. The first-order chi connectivity index (χ1) is 6.96. The zero-order valence-corrected chi connectivity index (χ0v) is 10.5. The van der Waals surface area contributed by atoms with E-state index in [4.69, 9.17) is 0 Å². The monoisotopic (exact) mass is 206 g/mol. The van der Waals surface area contributed by atoms with Gasteiger partial charge in [0.1, 0.15) is 0 Å². The van der Waals surface area contributed by atoms with Gasteiger partial charge < -0.3 is 5.32 Å². The second kappa shape index (κ2) is 4.75. The molecular formula is C13H22N2. The summed E-state index contributed by atoms with van der Waals surface area (Å²) in [6.45, 7) is 12.0. The maximum absolute atomic E-state index is 4.50. The fourth-order valence-corrected chi connectivity index (χ4v) is 1.82. The Kier molecular flexibility index (Phi) is 3.86. The standard InChI is InChI=1S/C13H22N2/c1-6-14-12(13(3,4)5)11-10(2)8-7-9-15-11/h7-9,12,14H,6H2,1-5H3. The van der Waals surface area contributed by atoms with Crippen LogP contribution in [0.1, 0.15) is 45.0 Å². The second-order valence-corrected chi connectivity index (χ2v) is 5.06. The molecule has 84 valence electrons. The molecule has 15 heavy (non-hydrogen) atoms. The van der Waals surface area contributed by atoms with Gasteiger partial charge in [0, 0.05) is 6.20 Å². The Hall–Kier alpha value is -0.890. The molecule has 0 radical (unpaired) electrons. The molecule has 1 rings (SSSR count). The molecule has 0 aliphatic rings. The summed E-state index contributed by atoms with van der Waals surface area (Å²) in [7, 11) is 0. The quantitative estimate of drug-likeness (QED) is 0.822. The van der Waals surface area contributed by atoms with Crippen molar-refractivity contribution in [1.82, 2.24) is 10.3 Å². The maximum Gasteiger partial charge on any atom is 0.0607 e. The average molecular weight is 206 g/mol. The predicted octanol–water partition coefficient (Wildman–Crippen LogP) is 3.09. The first-order valence-corrected chi connectivity index (χ1v) is 5.61. The SMILES string of the molecule is CCNC(c1ncccc1C)C(C)(C)C. The molecule has 1 heterocycles. The van der Waals surface area contributed by atoms with Crippen LogP contribution in [0, 0.1) is 12.3 Å². The summed E-state index contributed by atoms with van der Waals surface area (Å²) in [5.41, 5.74) is 2.63. The summed E-state index contributed by atoms with van der Waals surface area (Å²) < 4.78 is 0. The zero-order valence-electron chi connectivity index (χ0n) is 10.5. The average Bonchev–Trinajstić information content (AvgIpc) is 2.14. The van der Waals surface area contributed by atoms with E-state index in [-0.39, 0.29) is 5.41 Å². The molecule has 2 nitrogen and oxygen atoms in total. The Bertz CT molecular complexity index is 313. The van der Waals surface area contributed by atoms with E-state index in [0.717, 1.165) is 6.54 Å². The van der Waals surface area contributed by atoms with Crippen LogP contribution in [0.4, 0.5) is 0 Å². The molecule has 0 amide bonds. The van der Waals surface area contributed by atoms with E-state index in [2.05, 4.69) is 51.0 Å². The third kappa shape index (κ3) is 3.03. The van der Waals surface area contributed by atoms with Crippen molar-refractivity contribution in [2.75, 3.05) is 6.54 Å². The van der Waals surface area contributed by atoms with Crippen molar-refractivity contribution in [3.05, 3.63) is 29.6 Å². The van der Waals surface area contributed by atoms with Crippen LogP contribution in [0.5, 0.6) is 0 Å². The van der Waals surface area contributed by atoms with Gasteiger partial charge in [-0.15, -0.1) is 0 Å². The van der Waals surface area contributed by atoms with Crippen molar-refractivity contribution in [2.45, 2.75) is 40.7 Å². The van der Waals surface area contributed by atoms with Gasteiger partial charge in [-0.2, -0.15) is 0 Å². The van der Waals surface area contributed by atoms with E-state index in [1.54, 1.807) is 0 Å². The molecule has 0 spiro atoms. The van der Waals surface area contributed by atoms with Gasteiger partial charge in [-0.05, 0) is 30.5 Å². The Morgan fingerprint density at radius 3 is 2.53 bits per heavy atom. The molecule has 0 aliphatic heterocycles. The highest BCUT2D eigenvalue weighted by atomic mass is 14.9. The number of rotatable bonds is 3. The van der Waals surface area contributed by atoms with Crippen LogP contribution in [0.15, 0.2) is 18.3 Å². The molecule has 2 heteroatoms. The Balaban J connectivity index is 3.05. The number of nitrogens with zero attached hydrogens (tertiary/aromatic N) is 1. The molecule has 1 atom stereocenters. The van der Waals surface area contributed by atoms with Crippen LogP contribution in [-0.4, -0.2) is 11.5 Å². The predicted molar refractivity (Wildman–Crippen MR) is 64.8 cm³/mol. The van der Waals surface area contributed by atoms with Crippen LogP contribution in [0.2, 0.25) is 0 Å². The van der Waals surface area contributed by atoms with E-state index < -0.39 is 0 Å². The van der Waals surface area contributed by atoms with Gasteiger partial charge in [-0.25, -0.2) is 0 Å². The van der Waals surface area contributed by atoms with Crippen LogP contribution < -0.4 is 5.32 Å². The topological polar surface area (TPSA) is 24.9 Å². The number of hydrogen-bond acceptors (Lipinski definition) is 2. The van der Waals surface area contributed by atoms with E-state index in [1.807, 2.05) is 12.3 Å². The third-order valence-corrected chi connectivity index (χ3v) is 2.60. The normalized spacial score (nSPS) is 13.9. The minimum atomic E-state index is 0.190. The molecule has 0 aromatic carbocycles. The van der Waals surface area contributed by atoms with Crippen LogP contribution >= 0.6 is 0 Å². The first kappa shape index (κ1) is 12.2. The summed E-state index contributed by atoms with van der Waals surface area (Å²) in [6.07, 6.45) is 1.87. The Morgan fingerprint density at radius 2 is 2.07 bits per heavy atom. The van der Waals surface area contributed by atoms with Gasteiger partial charge in [-0.3, -0.25) is 4.98 Å². The van der Waals surface area contributed by atoms with Crippen LogP contribution in [-0.2, 0) is 0 Å². The van der Waals surface area contributed by atoms with Crippen molar-refractivity contribution in [1.29, 1.82) is 0 Å². The van der Waals surface area contributed by atoms with Crippen LogP contribution in [0.25, 0.3) is 0 Å². The van der Waals surface area contributed by atoms with Crippen molar-refractivity contribution in [2.24, 2.45) is 5.41 Å². The zero-order chi connectivity index (χ0) is 11.5. The minimum Gasteiger partial charge on any atom is -0.308 e. The molecule has 0 bridgehead atoms. The second-order valence-electron chi connectivity index (χ2n) is 5.06. The largest absolute Gasteiger partial charge is 0.308 e. The summed E-state index contributed by atoms with van der Waals surface area (Å²) >= 11 is 0. The Labute approximate surface area is 93.1 Å². The molecule has 1 aromatic rings. The number of pyridine rings is 1. The number of nitrogens with one attached hydrogen (secondary N) is 1. The molecule has 1 unspecified atom stereocenters. The number of aryl methyl sites for hydroxylation is 1. The molecule has 0 aliphatic carbocycles. The number of hydrogen-bond donors (Lipinski definition) is 1. The van der Waals surface area contributed by atoms with Gasteiger partial charge in [0.05, 0.1) is 11.7 Å². The molecular weight excluding hydrogens is 184 g/mol. The smallest absolute Gasteiger partial charge is 0.0607 e. The summed E-state index contributed by atoms with van der Waals surface area (Å²) in [6, 6.07) is 4.44. The van der Waals surface area contributed by atoms with Crippen LogP contribution in [0.3, 0.4) is 0 Å². The maximum atomic E-state index is 4.50. The summed E-state index contributed by atoms with van der Waals surface area (Å²) in [5, 5.41) is 3.52. The first-order valence-electron chi connectivity index (χ1n) is 5.61. The fraction of sp³-hybridized carbons (Fsp3) is 0.615. The molecule has 0 saturated heterocycles.